The Labute approximate surface area is 117 Å². The molecular weight excluding hydrogens is 246 g/mol. The smallest absolute Gasteiger partial charge is 0.222 e. The van der Waals surface area contributed by atoms with E-state index in [4.69, 9.17) is 11.6 Å². The number of halogens is 1. The first-order chi connectivity index (χ1) is 8.65. The van der Waals surface area contributed by atoms with E-state index >= 15 is 0 Å². The van der Waals surface area contributed by atoms with Crippen molar-refractivity contribution in [1.82, 2.24) is 4.90 Å². The van der Waals surface area contributed by atoms with Crippen LogP contribution in [0.5, 0.6) is 0 Å². The minimum Gasteiger partial charge on any atom is -0.341 e. The Morgan fingerprint density at radius 1 is 1.22 bits per heavy atom. The molecule has 2 atom stereocenters. The predicted molar refractivity (Wildman–Crippen MR) is 78.0 cm³/mol. The molecule has 0 aromatic carbocycles. The summed E-state index contributed by atoms with van der Waals surface area (Å²) in [6, 6.07) is 0. The first-order valence-corrected chi connectivity index (χ1v) is 8.00. The van der Waals surface area contributed by atoms with Crippen LogP contribution in [0.3, 0.4) is 0 Å². The first kappa shape index (κ1) is 15.8. The summed E-state index contributed by atoms with van der Waals surface area (Å²) in [7, 11) is 0. The molecule has 1 saturated heterocycles. The Kier molecular flexibility index (Phi) is 7.73. The van der Waals surface area contributed by atoms with E-state index in [0.29, 0.717) is 18.2 Å². The molecule has 0 bridgehead atoms. The second-order valence-electron chi connectivity index (χ2n) is 5.64. The highest BCUT2D eigenvalue weighted by molar-refractivity contribution is 6.21. The molecule has 0 radical (unpaired) electrons. The van der Waals surface area contributed by atoms with Crippen LogP contribution in [-0.2, 0) is 4.79 Å². The number of likely N-dealkylation sites (tertiary alicyclic amines) is 1. The van der Waals surface area contributed by atoms with Crippen LogP contribution in [0.25, 0.3) is 0 Å². The van der Waals surface area contributed by atoms with Crippen molar-refractivity contribution in [2.45, 2.75) is 70.6 Å². The zero-order valence-corrected chi connectivity index (χ0v) is 12.7. The van der Waals surface area contributed by atoms with Gasteiger partial charge in [0, 0.05) is 19.5 Å². The lowest BCUT2D eigenvalue weighted by Crippen LogP contribution is -2.43. The van der Waals surface area contributed by atoms with Crippen molar-refractivity contribution in [3.8, 4) is 0 Å². The van der Waals surface area contributed by atoms with Gasteiger partial charge in [-0.25, -0.2) is 0 Å². The summed E-state index contributed by atoms with van der Waals surface area (Å²) in [5.41, 5.74) is 0. The topological polar surface area (TPSA) is 20.3 Å². The maximum atomic E-state index is 12.0. The second kappa shape index (κ2) is 8.79. The lowest BCUT2D eigenvalue weighted by molar-refractivity contribution is -0.132. The van der Waals surface area contributed by atoms with Crippen LogP contribution in [-0.4, -0.2) is 29.3 Å². The van der Waals surface area contributed by atoms with E-state index in [0.717, 1.165) is 25.9 Å². The number of carbonyl (C=O) groups is 1. The van der Waals surface area contributed by atoms with Gasteiger partial charge in [0.05, 0.1) is 5.38 Å². The van der Waals surface area contributed by atoms with Gasteiger partial charge < -0.3 is 4.90 Å². The van der Waals surface area contributed by atoms with Gasteiger partial charge in [0.1, 0.15) is 0 Å². The van der Waals surface area contributed by atoms with E-state index in [2.05, 4.69) is 13.8 Å². The molecular formula is C15H28ClNO. The number of unbranched alkanes of at least 4 members (excludes halogenated alkanes) is 5. The van der Waals surface area contributed by atoms with Gasteiger partial charge in [-0.15, -0.1) is 11.6 Å². The maximum absolute atomic E-state index is 12.0. The van der Waals surface area contributed by atoms with E-state index in [1.807, 2.05) is 4.90 Å². The van der Waals surface area contributed by atoms with Gasteiger partial charge in [-0.2, -0.15) is 0 Å². The van der Waals surface area contributed by atoms with Crippen LogP contribution in [0, 0.1) is 5.92 Å². The highest BCUT2D eigenvalue weighted by atomic mass is 35.5. The van der Waals surface area contributed by atoms with Gasteiger partial charge in [0.15, 0.2) is 0 Å². The average molecular weight is 274 g/mol. The standard InChI is InChI=1S/C15H28ClNO/c1-3-4-5-6-7-8-9-15(18)17-11-10-13(2)14(16)12-17/h13-14H,3-12H2,1-2H3. The summed E-state index contributed by atoms with van der Waals surface area (Å²) >= 11 is 6.23. The van der Waals surface area contributed by atoms with Gasteiger partial charge in [-0.3, -0.25) is 4.79 Å². The monoisotopic (exact) mass is 273 g/mol. The molecule has 2 nitrogen and oxygen atoms in total. The third-order valence-corrected chi connectivity index (χ3v) is 4.53. The van der Waals surface area contributed by atoms with Gasteiger partial charge >= 0.3 is 0 Å². The predicted octanol–water partition coefficient (Wildman–Crippen LogP) is 4.21. The highest BCUT2D eigenvalue weighted by Crippen LogP contribution is 2.22. The molecule has 0 aliphatic carbocycles. The van der Waals surface area contributed by atoms with Gasteiger partial charge in [0.2, 0.25) is 5.91 Å². The Bertz CT molecular complexity index is 245. The van der Waals surface area contributed by atoms with Crippen LogP contribution >= 0.6 is 11.6 Å². The fraction of sp³-hybridized carbons (Fsp3) is 0.933. The lowest BCUT2D eigenvalue weighted by atomic mass is 9.98. The van der Waals surface area contributed by atoms with Gasteiger partial charge in [-0.1, -0.05) is 46.0 Å². The summed E-state index contributed by atoms with van der Waals surface area (Å²) < 4.78 is 0. The third kappa shape index (κ3) is 5.60. The van der Waals surface area contributed by atoms with Crippen molar-refractivity contribution in [2.24, 2.45) is 5.92 Å². The van der Waals surface area contributed by atoms with Crippen LogP contribution in [0.1, 0.15) is 65.2 Å². The fourth-order valence-electron chi connectivity index (χ4n) is 2.46. The minimum absolute atomic E-state index is 0.146. The number of piperidine rings is 1. The minimum atomic E-state index is 0.146. The normalized spacial score (nSPS) is 24.3. The van der Waals surface area contributed by atoms with Crippen LogP contribution in [0.4, 0.5) is 0 Å². The van der Waals surface area contributed by atoms with Crippen molar-refractivity contribution < 1.29 is 4.79 Å². The molecule has 106 valence electrons. The second-order valence-corrected chi connectivity index (χ2v) is 6.20. The quantitative estimate of drug-likeness (QED) is 0.503. The van der Waals surface area contributed by atoms with E-state index in [1.165, 1.54) is 32.1 Å². The van der Waals surface area contributed by atoms with E-state index in [1.54, 1.807) is 0 Å². The number of hydrogen-bond acceptors (Lipinski definition) is 1. The van der Waals surface area contributed by atoms with Crippen molar-refractivity contribution >= 4 is 17.5 Å². The number of amides is 1. The van der Waals surface area contributed by atoms with E-state index in [9.17, 15) is 4.79 Å². The van der Waals surface area contributed by atoms with Crippen molar-refractivity contribution in [3.05, 3.63) is 0 Å². The Balaban J connectivity index is 2.09. The van der Waals surface area contributed by atoms with E-state index < -0.39 is 0 Å². The highest BCUT2D eigenvalue weighted by Gasteiger charge is 2.26. The molecule has 1 heterocycles. The molecule has 0 saturated carbocycles. The van der Waals surface area contributed by atoms with Crippen molar-refractivity contribution in [3.63, 3.8) is 0 Å². The molecule has 2 unspecified atom stereocenters. The molecule has 1 rings (SSSR count). The third-order valence-electron chi connectivity index (χ3n) is 3.96. The van der Waals surface area contributed by atoms with Gasteiger partial charge in [-0.05, 0) is 18.8 Å². The Hall–Kier alpha value is -0.240. The number of nitrogens with zero attached hydrogens (tertiary/aromatic N) is 1. The summed E-state index contributed by atoms with van der Waals surface area (Å²) in [5.74, 6) is 0.854. The van der Waals surface area contributed by atoms with Crippen LogP contribution in [0.15, 0.2) is 0 Å². The zero-order valence-electron chi connectivity index (χ0n) is 12.0. The molecule has 1 fully saturated rings. The molecule has 0 spiro atoms. The molecule has 1 aliphatic heterocycles. The largest absolute Gasteiger partial charge is 0.341 e. The first-order valence-electron chi connectivity index (χ1n) is 7.57. The van der Waals surface area contributed by atoms with Gasteiger partial charge in [0.25, 0.3) is 0 Å². The van der Waals surface area contributed by atoms with Crippen LogP contribution < -0.4 is 0 Å². The number of carbonyl (C=O) groups excluding carboxylic acids is 1. The van der Waals surface area contributed by atoms with Crippen molar-refractivity contribution in [1.29, 1.82) is 0 Å². The summed E-state index contributed by atoms with van der Waals surface area (Å²) in [6.45, 7) is 6.05. The molecule has 0 aromatic rings. The van der Waals surface area contributed by atoms with Crippen LogP contribution in [0.2, 0.25) is 0 Å². The molecule has 0 aromatic heterocycles. The molecule has 1 aliphatic rings. The number of alkyl halides is 1. The Morgan fingerprint density at radius 3 is 2.56 bits per heavy atom. The summed E-state index contributed by atoms with van der Waals surface area (Å²) in [5, 5.41) is 0.146. The molecule has 0 N–H and O–H groups in total. The SMILES string of the molecule is CCCCCCCCC(=O)N1CCC(C)C(Cl)C1. The van der Waals surface area contributed by atoms with E-state index in [-0.39, 0.29) is 5.38 Å². The fourth-order valence-corrected chi connectivity index (χ4v) is 2.76. The average Bonchev–Trinajstić information content (AvgIpc) is 2.36. The van der Waals surface area contributed by atoms with Crippen molar-refractivity contribution in [2.75, 3.05) is 13.1 Å². The summed E-state index contributed by atoms with van der Waals surface area (Å²) in [4.78, 5) is 14.0. The summed E-state index contributed by atoms with van der Waals surface area (Å²) in [6.07, 6.45) is 9.20. The maximum Gasteiger partial charge on any atom is 0.222 e. The molecule has 18 heavy (non-hydrogen) atoms. The molecule has 1 amide bonds. The lowest BCUT2D eigenvalue weighted by Gasteiger charge is -2.34. The number of rotatable bonds is 7. The molecule has 3 heteroatoms. The number of hydrogen-bond donors (Lipinski definition) is 0. The Morgan fingerprint density at radius 2 is 1.89 bits per heavy atom. The zero-order chi connectivity index (χ0) is 13.4.